The molecule has 436 valence electrons. The van der Waals surface area contributed by atoms with Gasteiger partial charge in [-0.15, -0.1) is 0 Å². The fourth-order valence-corrected chi connectivity index (χ4v) is 0. The van der Waals surface area contributed by atoms with Crippen LogP contribution in [0.25, 0.3) is 0 Å². The number of nitrogens with zero attached hydrogens (tertiary/aromatic N) is 2. The van der Waals surface area contributed by atoms with Gasteiger partial charge in [-0.05, 0) is 13.8 Å². The van der Waals surface area contributed by atoms with E-state index in [9.17, 15) is 0 Å². The molecule has 52 N–H and O–H groups in total. The molecule has 0 aromatic rings. The molecule has 63 heavy (non-hydrogen) atoms. The van der Waals surface area contributed by atoms with Crippen molar-refractivity contribution in [3.05, 3.63) is 30.6 Å². The van der Waals surface area contributed by atoms with Crippen LogP contribution in [0.1, 0.15) is 13.8 Å². The number of hydrogen-bond donors (Lipinski definition) is 0. The zero-order valence-corrected chi connectivity index (χ0v) is 44.2. The van der Waals surface area contributed by atoms with Crippen molar-refractivity contribution in [1.29, 1.82) is 0 Å². The summed E-state index contributed by atoms with van der Waals surface area (Å²) in [5.41, 5.74) is 0. The predicted octanol–water partition coefficient (Wildman–Crippen LogP) is -37.9. The van der Waals surface area contributed by atoms with Crippen LogP contribution in [0.15, 0.2) is 0 Å². The van der Waals surface area contributed by atoms with E-state index in [4.69, 9.17) is 88.3 Å². The molecular formula is C4H58Br2Cl4Co3Cu3Li4N2O40S. The molecule has 0 bridgehead atoms. The standard InChI is InChI=1S/2C2H4O2.2BrH.4ClH.3Co.3Cu.4Li.2NO3.H2O4S.26H2O/c2*1-2(3)4;;;;;;;;;;;;;;;;;2*2-1(3)4;1-5(2,3)4;;;;;;;;;;;;;;;;;;;;;;;;;;/h2*1H3,(H,3,4);6*1H;;;;;;;;;;;;;(H2,1,2,3,4);26*1H2/q;;;;;;;;6*+2;;;;;2*-1;;;;;;;;;;;;;;;;;;;;;;;;;;;/p-10. The van der Waals surface area contributed by atoms with Gasteiger partial charge in [0, 0.05) is 97.8 Å². The molecule has 0 aromatic carbocycles. The van der Waals surface area contributed by atoms with Gasteiger partial charge in [-0.2, -0.15) is 0 Å². The predicted molar refractivity (Wildman–Crippen MR) is 181 cm³/mol. The monoisotopic (exact) mass is 1500 g/mol. The summed E-state index contributed by atoms with van der Waals surface area (Å²) in [6, 6.07) is 0. The Morgan fingerprint density at radius 2 is 0.413 bits per heavy atom. The van der Waals surface area contributed by atoms with Crippen molar-refractivity contribution in [2.24, 2.45) is 0 Å². The van der Waals surface area contributed by atoms with Gasteiger partial charge in [0.25, 0.3) is 0 Å². The molecule has 0 unspecified atom stereocenters. The molecule has 0 spiro atoms. The van der Waals surface area contributed by atoms with Crippen molar-refractivity contribution in [3.8, 4) is 0 Å². The maximum atomic E-state index is 8.89. The Balaban J connectivity index is -0.00000000128. The number of carbonyl (C=O) groups is 2. The molecule has 0 heterocycles. The summed E-state index contributed by atoms with van der Waals surface area (Å²) in [5.74, 6) is -2.17. The van der Waals surface area contributed by atoms with Crippen molar-refractivity contribution in [3.63, 3.8) is 0 Å². The molecule has 59 heteroatoms. The van der Waals surface area contributed by atoms with Gasteiger partial charge in [-0.1, -0.05) is 0 Å². The van der Waals surface area contributed by atoms with Gasteiger partial charge in [0.05, 0.1) is 10.2 Å². The average molecular weight is 1500 g/mol. The van der Waals surface area contributed by atoms with E-state index in [1.54, 1.807) is 0 Å². The van der Waals surface area contributed by atoms with Crippen molar-refractivity contribution < 1.29 is 346 Å². The van der Waals surface area contributed by atoms with Crippen LogP contribution >= 0.6 is 20.3 Å². The van der Waals surface area contributed by atoms with E-state index < -0.39 is 32.5 Å². The quantitative estimate of drug-likeness (QED) is 0.0715. The Labute approximate surface area is 503 Å². The molecule has 0 atom stereocenters. The van der Waals surface area contributed by atoms with E-state index >= 15 is 0 Å². The number of aliphatic carboxylic acids is 2. The summed E-state index contributed by atoms with van der Waals surface area (Å²) in [5, 5.41) is 47.3. The van der Waals surface area contributed by atoms with Crippen LogP contribution in [0.3, 0.4) is 0 Å². The van der Waals surface area contributed by atoms with E-state index in [1.165, 1.54) is 0 Å². The molecular weight excluding hydrogens is 1440 g/mol. The maximum absolute atomic E-state index is 8.89. The molecule has 0 aliphatic rings. The van der Waals surface area contributed by atoms with Crippen LogP contribution in [0.2, 0.25) is 0 Å². The first-order chi connectivity index (χ1) is 10.3. The molecule has 0 saturated heterocycles. The number of hydrogen-bond acceptors (Lipinski definition) is 14. The molecule has 9 radical (unpaired) electrons. The first-order valence-electron chi connectivity index (χ1n) is 3.83. The van der Waals surface area contributed by atoms with Crippen molar-refractivity contribution in [1.82, 2.24) is 0 Å². The topological polar surface area (TPSA) is 1110 Å². The largest absolute Gasteiger partial charge is 2.00 e. The second-order valence-electron chi connectivity index (χ2n) is 1.89. The second kappa shape index (κ2) is 532. The number of rotatable bonds is 0. The van der Waals surface area contributed by atoms with Crippen LogP contribution in [0.4, 0.5) is 0 Å². The fraction of sp³-hybridized carbons (Fsp3) is 0.500. The number of carboxylic acids is 2. The minimum Gasteiger partial charge on any atom is 0 e. The van der Waals surface area contributed by atoms with Gasteiger partial charge in [-0.3, -0.25) is 8.42 Å². The molecule has 0 aliphatic carbocycles. The minimum atomic E-state index is -5.17. The maximum Gasteiger partial charge on any atom is 2.00 e. The SMILES string of the molecule is CC(=O)[O-].CC(=O)[O-].O.O.O.O.O.O.O.O.O.O.O.O.O.O.O.O.O.O.O.O.O.O.O.O.O.O.O=S(=O)([O-])[O-].O=[N+]([O-])[O-].O=[N+]([O-])[O-].[Br-].[Br-].[Cl-].[Cl-].[Cl][Co][Cl].[Co+2].[Co+2].[Cu+2].[Cu+2].[Cu+2].[Li].[Li].[Li].[Li]. The Morgan fingerprint density at radius 3 is 0.413 bits per heavy atom. The van der Waals surface area contributed by atoms with Crippen LogP contribution in [0, 0.1) is 30.6 Å². The van der Waals surface area contributed by atoms with Gasteiger partial charge < -0.3 is 261 Å². The van der Waals surface area contributed by atoms with E-state index in [-0.39, 0.29) is 361 Å². The molecule has 42 nitrogen and oxygen atoms in total. The zero-order chi connectivity index (χ0) is 21.5. The number of carboxylic acid groups (broad SMARTS) is 2. The number of carbonyl (C=O) groups excluding carboxylic acids is 2. The third-order valence-electron chi connectivity index (χ3n) is 0. The minimum absolute atomic E-state index is 0. The molecule has 0 rings (SSSR count). The van der Waals surface area contributed by atoms with Gasteiger partial charge in [0.15, 0.2) is 0 Å². The third kappa shape index (κ3) is 18900. The Kier molecular flexibility index (Phi) is 5150. The first kappa shape index (κ1) is 610. The van der Waals surface area contributed by atoms with E-state index in [0.717, 1.165) is 13.8 Å². The summed E-state index contributed by atoms with van der Waals surface area (Å²) in [6.45, 7) is 1.94. The first-order valence-corrected chi connectivity index (χ1v) is 8.03. The van der Waals surface area contributed by atoms with Gasteiger partial charge >= 0.3 is 118 Å². The normalized spacial score (nSPS) is 2.83. The second-order valence-corrected chi connectivity index (χ2v) is 4.42. The average Bonchev–Trinajstić information content (AvgIpc) is 2.09. The summed E-state index contributed by atoms with van der Waals surface area (Å²) in [6.07, 6.45) is 0. The van der Waals surface area contributed by atoms with Gasteiger partial charge in [0.2, 0.25) is 0 Å². The Bertz CT molecular complexity index is 438. The summed E-state index contributed by atoms with van der Waals surface area (Å²) in [4.78, 5) is 34.3. The summed E-state index contributed by atoms with van der Waals surface area (Å²) >= 11 is 0.382. The third-order valence-corrected chi connectivity index (χ3v) is 0. The molecule has 0 saturated carbocycles. The van der Waals surface area contributed by atoms with Crippen LogP contribution in [-0.2, 0) is 118 Å². The summed E-state index contributed by atoms with van der Waals surface area (Å²) < 4.78 is 34.1. The summed E-state index contributed by atoms with van der Waals surface area (Å²) in [7, 11) is 4.30. The molecule has 0 aromatic heterocycles. The smallest absolute Gasteiger partial charge is 0 e. The van der Waals surface area contributed by atoms with Crippen molar-refractivity contribution in [2.75, 3.05) is 0 Å². The van der Waals surface area contributed by atoms with Crippen molar-refractivity contribution in [2.45, 2.75) is 13.8 Å². The van der Waals surface area contributed by atoms with Gasteiger partial charge in [0.1, 0.15) is 0 Å². The van der Waals surface area contributed by atoms with Crippen LogP contribution in [-0.4, -0.2) is 257 Å². The Hall–Kier alpha value is 3.76. The number of halogens is 6. The van der Waals surface area contributed by atoms with E-state index in [2.05, 4.69) is 0 Å². The van der Waals surface area contributed by atoms with Crippen LogP contribution < -0.4 is 69.0 Å². The molecule has 0 aliphatic heterocycles. The zero-order valence-electron chi connectivity index (χ0n) is 31.2. The molecule has 0 fully saturated rings. The van der Waals surface area contributed by atoms with Crippen molar-refractivity contribution >= 4 is 118 Å². The van der Waals surface area contributed by atoms with Gasteiger partial charge in [-0.25, -0.2) is 0 Å². The van der Waals surface area contributed by atoms with Crippen LogP contribution in [0.5, 0.6) is 0 Å². The molecule has 0 amide bonds. The fourth-order valence-electron chi connectivity index (χ4n) is 0. The van der Waals surface area contributed by atoms with E-state index in [1.807, 2.05) is 0 Å². The Morgan fingerprint density at radius 1 is 0.413 bits per heavy atom. The van der Waals surface area contributed by atoms with E-state index in [0.29, 0.717) is 12.9 Å².